The fourth-order valence-electron chi connectivity index (χ4n) is 3.93. The summed E-state index contributed by atoms with van der Waals surface area (Å²) in [5, 5.41) is 0.688. The molecule has 142 valence electrons. The Kier molecular flexibility index (Phi) is 4.98. The van der Waals surface area contributed by atoms with E-state index in [1.54, 1.807) is 11.9 Å². The van der Waals surface area contributed by atoms with Crippen LogP contribution in [0, 0.1) is 0 Å². The number of likely N-dealkylation sites (tertiary alicyclic amines) is 1. The van der Waals surface area contributed by atoms with Crippen LogP contribution >= 0.6 is 11.6 Å². The Morgan fingerprint density at radius 3 is 2.70 bits per heavy atom. The summed E-state index contributed by atoms with van der Waals surface area (Å²) in [4.78, 5) is 15.8. The summed E-state index contributed by atoms with van der Waals surface area (Å²) in [5.74, 6) is 1.56. The number of halogens is 1. The Morgan fingerprint density at radius 1 is 1.15 bits per heavy atom. The zero-order chi connectivity index (χ0) is 18.9. The van der Waals surface area contributed by atoms with Crippen LogP contribution in [-0.4, -0.2) is 48.2 Å². The van der Waals surface area contributed by atoms with E-state index in [2.05, 4.69) is 17.0 Å². The molecule has 2 aliphatic rings. The minimum atomic E-state index is -0.360. The highest BCUT2D eigenvalue weighted by Gasteiger charge is 2.46. The summed E-state index contributed by atoms with van der Waals surface area (Å²) in [6, 6.07) is 15.4. The molecule has 6 heteroatoms. The zero-order valence-corrected chi connectivity index (χ0v) is 16.1. The number of hydrogen-bond acceptors (Lipinski definition) is 4. The Morgan fingerprint density at radius 2 is 1.96 bits per heavy atom. The number of carbonyl (C=O) groups is 1. The third-order valence-electron chi connectivity index (χ3n) is 5.11. The summed E-state index contributed by atoms with van der Waals surface area (Å²) in [7, 11) is 1.80. The molecular formula is C21H23ClN2O3. The molecule has 5 nitrogen and oxygen atoms in total. The highest BCUT2D eigenvalue weighted by molar-refractivity contribution is 6.30. The topological polar surface area (TPSA) is 42.0 Å². The Bertz CT molecular complexity index is 826. The second-order valence-electron chi connectivity index (χ2n) is 7.42. The van der Waals surface area contributed by atoms with E-state index in [0.29, 0.717) is 11.6 Å². The summed E-state index contributed by atoms with van der Waals surface area (Å²) in [5.41, 5.74) is 0.817. The van der Waals surface area contributed by atoms with E-state index in [1.165, 1.54) is 5.56 Å². The molecule has 0 saturated carbocycles. The van der Waals surface area contributed by atoms with Gasteiger partial charge in [-0.2, -0.15) is 0 Å². The van der Waals surface area contributed by atoms with Gasteiger partial charge in [-0.3, -0.25) is 4.90 Å². The molecule has 27 heavy (non-hydrogen) atoms. The Labute approximate surface area is 164 Å². The van der Waals surface area contributed by atoms with Crippen molar-refractivity contribution in [3.05, 3.63) is 59.1 Å². The number of likely N-dealkylation sites (N-methyl/N-ethyl adjacent to an activating group) is 1. The first-order valence-corrected chi connectivity index (χ1v) is 9.58. The van der Waals surface area contributed by atoms with Crippen LogP contribution in [-0.2, 0) is 11.3 Å². The highest BCUT2D eigenvalue weighted by Crippen LogP contribution is 2.32. The van der Waals surface area contributed by atoms with E-state index >= 15 is 0 Å². The predicted molar refractivity (Wildman–Crippen MR) is 104 cm³/mol. The lowest BCUT2D eigenvalue weighted by molar-refractivity contribution is -0.0113. The average molecular weight is 387 g/mol. The monoisotopic (exact) mass is 386 g/mol. The van der Waals surface area contributed by atoms with E-state index in [1.807, 2.05) is 36.4 Å². The maximum Gasteiger partial charge on any atom is 0.410 e. The van der Waals surface area contributed by atoms with Gasteiger partial charge < -0.3 is 14.4 Å². The molecule has 0 unspecified atom stereocenters. The molecule has 1 spiro atoms. The maximum absolute atomic E-state index is 11.8. The highest BCUT2D eigenvalue weighted by atomic mass is 35.5. The van der Waals surface area contributed by atoms with E-state index in [-0.39, 0.29) is 11.7 Å². The van der Waals surface area contributed by atoms with Crippen LogP contribution in [0.25, 0.3) is 0 Å². The first-order valence-electron chi connectivity index (χ1n) is 9.20. The third kappa shape index (κ3) is 4.20. The number of nitrogens with zero attached hydrogens (tertiary/aromatic N) is 2. The van der Waals surface area contributed by atoms with Crippen LogP contribution in [0.4, 0.5) is 4.79 Å². The average Bonchev–Trinajstić information content (AvgIpc) is 2.90. The lowest BCUT2D eigenvalue weighted by Crippen LogP contribution is -2.50. The largest absolute Gasteiger partial charge is 0.457 e. The van der Waals surface area contributed by atoms with Gasteiger partial charge in [-0.15, -0.1) is 0 Å². The number of benzene rings is 2. The van der Waals surface area contributed by atoms with Crippen LogP contribution in [0.15, 0.2) is 48.5 Å². The standard InChI is InChI=1S/C21H23ClN2O3/c1-23-14-21(27-20(23)25)10-3-11-24(15-21)13-16-4-2-5-19(12-16)26-18-8-6-17(22)7-9-18/h2,4-9,12H,3,10-11,13-15H2,1H3/t21-/m1/s1. The van der Waals surface area contributed by atoms with Crippen LogP contribution in [0.1, 0.15) is 18.4 Å². The van der Waals surface area contributed by atoms with Crippen LogP contribution in [0.5, 0.6) is 11.5 Å². The maximum atomic E-state index is 11.8. The van der Waals surface area contributed by atoms with Crippen molar-refractivity contribution in [3.8, 4) is 11.5 Å². The molecule has 2 aliphatic heterocycles. The number of ether oxygens (including phenoxy) is 2. The minimum Gasteiger partial charge on any atom is -0.457 e. The smallest absolute Gasteiger partial charge is 0.410 e. The van der Waals surface area contributed by atoms with Crippen LogP contribution in [0.3, 0.4) is 0 Å². The van der Waals surface area contributed by atoms with Crippen molar-refractivity contribution in [1.29, 1.82) is 0 Å². The molecule has 2 saturated heterocycles. The lowest BCUT2D eigenvalue weighted by atomic mass is 9.92. The number of hydrogen-bond donors (Lipinski definition) is 0. The predicted octanol–water partition coefficient (Wildman–Crippen LogP) is 4.55. The quantitative estimate of drug-likeness (QED) is 0.773. The molecule has 1 amide bonds. The van der Waals surface area contributed by atoms with Gasteiger partial charge >= 0.3 is 6.09 Å². The number of piperidine rings is 1. The van der Waals surface area contributed by atoms with Crippen LogP contribution in [0.2, 0.25) is 5.02 Å². The van der Waals surface area contributed by atoms with Gasteiger partial charge in [-0.25, -0.2) is 4.79 Å². The first kappa shape index (κ1) is 18.1. The van der Waals surface area contributed by atoms with E-state index in [0.717, 1.165) is 44.0 Å². The third-order valence-corrected chi connectivity index (χ3v) is 5.37. The van der Waals surface area contributed by atoms with Crippen molar-refractivity contribution in [2.45, 2.75) is 25.0 Å². The van der Waals surface area contributed by atoms with Gasteiger partial charge in [-0.05, 0) is 61.3 Å². The minimum absolute atomic E-state index is 0.213. The number of rotatable bonds is 4. The normalized spacial score (nSPS) is 22.9. The molecule has 1 atom stereocenters. The number of carbonyl (C=O) groups excluding carboxylic acids is 1. The zero-order valence-electron chi connectivity index (χ0n) is 15.4. The van der Waals surface area contributed by atoms with Gasteiger partial charge in [0.2, 0.25) is 0 Å². The molecule has 4 rings (SSSR count). The molecule has 2 fully saturated rings. The molecular weight excluding hydrogens is 364 g/mol. The van der Waals surface area contributed by atoms with Crippen molar-refractivity contribution in [2.75, 3.05) is 26.7 Å². The summed E-state index contributed by atoms with van der Waals surface area (Å²) in [6.07, 6.45) is 1.75. The molecule has 0 radical (unpaired) electrons. The van der Waals surface area contributed by atoms with E-state index in [9.17, 15) is 4.79 Å². The van der Waals surface area contributed by atoms with Crippen molar-refractivity contribution in [2.24, 2.45) is 0 Å². The second-order valence-corrected chi connectivity index (χ2v) is 7.86. The van der Waals surface area contributed by atoms with Gasteiger partial charge in [0.25, 0.3) is 0 Å². The van der Waals surface area contributed by atoms with Crippen molar-refractivity contribution < 1.29 is 14.3 Å². The van der Waals surface area contributed by atoms with Gasteiger partial charge in [-0.1, -0.05) is 23.7 Å². The van der Waals surface area contributed by atoms with E-state index in [4.69, 9.17) is 21.1 Å². The summed E-state index contributed by atoms with van der Waals surface area (Å²) in [6.45, 7) is 3.25. The molecule has 2 aromatic carbocycles. The molecule has 0 bridgehead atoms. The molecule has 2 aromatic rings. The summed E-state index contributed by atoms with van der Waals surface area (Å²) >= 11 is 5.92. The molecule has 0 aliphatic carbocycles. The SMILES string of the molecule is CN1C[C@@]2(CCCN(Cc3cccc(Oc4ccc(Cl)cc4)c3)C2)OC1=O. The Balaban J connectivity index is 1.42. The number of amides is 1. The van der Waals surface area contributed by atoms with Gasteiger partial charge in [0.05, 0.1) is 6.54 Å². The van der Waals surface area contributed by atoms with Crippen molar-refractivity contribution in [1.82, 2.24) is 9.80 Å². The van der Waals surface area contributed by atoms with Gasteiger partial charge in [0, 0.05) is 25.2 Å². The molecule has 2 heterocycles. The fourth-order valence-corrected chi connectivity index (χ4v) is 4.06. The lowest BCUT2D eigenvalue weighted by Gasteiger charge is -2.38. The van der Waals surface area contributed by atoms with Crippen molar-refractivity contribution >= 4 is 17.7 Å². The Hall–Kier alpha value is -2.24. The van der Waals surface area contributed by atoms with Crippen molar-refractivity contribution in [3.63, 3.8) is 0 Å². The second kappa shape index (κ2) is 7.41. The van der Waals surface area contributed by atoms with E-state index < -0.39 is 0 Å². The van der Waals surface area contributed by atoms with Crippen LogP contribution < -0.4 is 4.74 Å². The molecule has 0 aromatic heterocycles. The van der Waals surface area contributed by atoms with Gasteiger partial charge in [0.1, 0.15) is 17.1 Å². The molecule has 0 N–H and O–H groups in total. The first-order chi connectivity index (χ1) is 13.0. The summed E-state index contributed by atoms with van der Waals surface area (Å²) < 4.78 is 11.6. The van der Waals surface area contributed by atoms with Gasteiger partial charge in [0.15, 0.2) is 0 Å². The fraction of sp³-hybridized carbons (Fsp3) is 0.381.